The number of benzene rings is 1. The molecule has 3 rings (SSSR count). The van der Waals surface area contributed by atoms with Gasteiger partial charge in [-0.25, -0.2) is 28.5 Å². The lowest BCUT2D eigenvalue weighted by Gasteiger charge is -2.40. The molecule has 1 atom stereocenters. The van der Waals surface area contributed by atoms with Crippen molar-refractivity contribution in [3.8, 4) is 0 Å². The predicted octanol–water partition coefficient (Wildman–Crippen LogP) is 1.41. The number of pyridine rings is 1. The van der Waals surface area contributed by atoms with E-state index in [1.807, 2.05) is 0 Å². The van der Waals surface area contributed by atoms with Crippen molar-refractivity contribution in [2.45, 2.75) is 26.4 Å². The third-order valence-electron chi connectivity index (χ3n) is 5.19. The Morgan fingerprint density at radius 2 is 2.03 bits per heavy atom. The van der Waals surface area contributed by atoms with E-state index in [2.05, 4.69) is 0 Å². The maximum absolute atomic E-state index is 15.5. The summed E-state index contributed by atoms with van der Waals surface area (Å²) in [5, 5.41) is 18.3. The van der Waals surface area contributed by atoms with Crippen LogP contribution < -0.4 is 15.8 Å². The van der Waals surface area contributed by atoms with Crippen LogP contribution in [0.1, 0.15) is 24.2 Å². The number of piperazine rings is 1. The summed E-state index contributed by atoms with van der Waals surface area (Å²) in [7, 11) is 0. The van der Waals surface area contributed by atoms with Crippen LogP contribution in [0.25, 0.3) is 10.9 Å². The van der Waals surface area contributed by atoms with E-state index < -0.39 is 56.8 Å². The molecule has 2 aromatic rings. The molecule has 1 unspecified atom stereocenters. The van der Waals surface area contributed by atoms with E-state index in [0.29, 0.717) is 0 Å². The number of anilines is 1. The van der Waals surface area contributed by atoms with E-state index >= 15 is 4.39 Å². The molecule has 2 heterocycles. The van der Waals surface area contributed by atoms with Gasteiger partial charge in [-0.05, 0) is 19.9 Å². The van der Waals surface area contributed by atoms with Gasteiger partial charge >= 0.3 is 12.0 Å². The van der Waals surface area contributed by atoms with Crippen LogP contribution in [-0.4, -0.2) is 57.3 Å². The summed E-state index contributed by atoms with van der Waals surface area (Å²) in [4.78, 5) is 48.7. The Morgan fingerprint density at radius 1 is 1.35 bits per heavy atom. The van der Waals surface area contributed by atoms with Gasteiger partial charge in [0.2, 0.25) is 5.43 Å². The zero-order valence-electron chi connectivity index (χ0n) is 16.6. The standard InChI is InChI=1S/C18H19F2N5O6/c1-3-22-8-11(17(27)28)16(26)10-6-12(19)15(13(20)14(10)22)23-4-5-24(9(2)7-23)18(29)21-25(30)31/h6,8-9H,3-5,7H2,1-2H3,(H,21,29)(H,27,28). The fourth-order valence-electron chi connectivity index (χ4n) is 3.77. The van der Waals surface area contributed by atoms with Crippen LogP contribution in [0.2, 0.25) is 0 Å². The molecule has 2 N–H and O–H groups in total. The van der Waals surface area contributed by atoms with Crippen LogP contribution in [-0.2, 0) is 6.54 Å². The van der Waals surface area contributed by atoms with Crippen molar-refractivity contribution in [2.24, 2.45) is 0 Å². The maximum atomic E-state index is 15.5. The van der Waals surface area contributed by atoms with Crippen molar-refractivity contribution in [1.82, 2.24) is 14.9 Å². The highest BCUT2D eigenvalue weighted by atomic mass is 19.1. The second kappa shape index (κ2) is 8.16. The van der Waals surface area contributed by atoms with E-state index in [9.17, 15) is 34.0 Å². The fourth-order valence-corrected chi connectivity index (χ4v) is 3.77. The Balaban J connectivity index is 2.05. The molecule has 1 aliphatic rings. The van der Waals surface area contributed by atoms with Crippen molar-refractivity contribution in [2.75, 3.05) is 24.5 Å². The minimum absolute atomic E-state index is 0.0155. The molecule has 1 saturated heterocycles. The number of nitro groups is 1. The Hall–Kier alpha value is -3.77. The molecule has 31 heavy (non-hydrogen) atoms. The quantitative estimate of drug-likeness (QED) is 0.543. The molecule has 0 bridgehead atoms. The van der Waals surface area contributed by atoms with Crippen LogP contribution in [0.3, 0.4) is 0 Å². The van der Waals surface area contributed by atoms with Gasteiger partial charge in [0.25, 0.3) is 0 Å². The molecule has 1 fully saturated rings. The molecule has 11 nitrogen and oxygen atoms in total. The van der Waals surface area contributed by atoms with Crippen molar-refractivity contribution >= 4 is 28.6 Å². The number of urea groups is 1. The lowest BCUT2D eigenvalue weighted by molar-refractivity contribution is -0.528. The molecular formula is C18H19F2N5O6. The van der Waals surface area contributed by atoms with E-state index in [0.717, 1.165) is 12.3 Å². The van der Waals surface area contributed by atoms with Crippen LogP contribution in [0, 0.1) is 21.7 Å². The maximum Gasteiger partial charge on any atom is 0.375 e. The number of aromatic nitrogens is 1. The number of carboxylic acids is 1. The smallest absolute Gasteiger partial charge is 0.375 e. The lowest BCUT2D eigenvalue weighted by atomic mass is 10.1. The van der Waals surface area contributed by atoms with E-state index in [-0.39, 0.29) is 31.7 Å². The van der Waals surface area contributed by atoms with Crippen molar-refractivity contribution in [1.29, 1.82) is 0 Å². The molecule has 2 amide bonds. The molecule has 1 aromatic heterocycles. The minimum atomic E-state index is -1.50. The number of hydrazine groups is 1. The topological polar surface area (TPSA) is 138 Å². The Kier molecular flexibility index (Phi) is 5.77. The van der Waals surface area contributed by atoms with Gasteiger partial charge in [0.1, 0.15) is 17.1 Å². The van der Waals surface area contributed by atoms with E-state index in [1.54, 1.807) is 13.8 Å². The number of rotatable bonds is 4. The summed E-state index contributed by atoms with van der Waals surface area (Å²) < 4.78 is 31.6. The normalized spacial score (nSPS) is 16.5. The van der Waals surface area contributed by atoms with Gasteiger partial charge in [0, 0.05) is 38.4 Å². The summed E-state index contributed by atoms with van der Waals surface area (Å²) in [6.07, 6.45) is 1.01. The molecule has 0 radical (unpaired) electrons. The van der Waals surface area contributed by atoms with Crippen molar-refractivity contribution in [3.63, 3.8) is 0 Å². The zero-order valence-corrected chi connectivity index (χ0v) is 16.6. The number of halogens is 2. The van der Waals surface area contributed by atoms with Gasteiger partial charge in [-0.15, -0.1) is 0 Å². The first-order chi connectivity index (χ1) is 14.6. The van der Waals surface area contributed by atoms with E-state index in [1.165, 1.54) is 19.8 Å². The molecule has 0 spiro atoms. The highest BCUT2D eigenvalue weighted by molar-refractivity contribution is 5.93. The first-order valence-electron chi connectivity index (χ1n) is 9.31. The molecule has 13 heteroatoms. The van der Waals surface area contributed by atoms with Gasteiger partial charge in [-0.2, -0.15) is 0 Å². The first kappa shape index (κ1) is 21.9. The number of hydrogen-bond acceptors (Lipinski definition) is 6. The number of fused-ring (bicyclic) bond motifs is 1. The fraction of sp³-hybridized carbons (Fsp3) is 0.389. The summed E-state index contributed by atoms with van der Waals surface area (Å²) in [5.41, 5.74) is -0.700. The Morgan fingerprint density at radius 3 is 2.58 bits per heavy atom. The number of carbonyl (C=O) groups excluding carboxylic acids is 1. The highest BCUT2D eigenvalue weighted by Gasteiger charge is 2.33. The molecule has 1 aliphatic heterocycles. The molecule has 166 valence electrons. The van der Waals surface area contributed by atoms with Crippen LogP contribution in [0.15, 0.2) is 17.1 Å². The summed E-state index contributed by atoms with van der Waals surface area (Å²) >= 11 is 0. The number of hydrogen-bond donors (Lipinski definition) is 2. The van der Waals surface area contributed by atoms with Gasteiger partial charge in [0.05, 0.1) is 10.9 Å². The number of nitrogens with one attached hydrogen (secondary N) is 1. The second-order valence-corrected chi connectivity index (χ2v) is 7.04. The van der Waals surface area contributed by atoms with Crippen molar-refractivity contribution < 1.29 is 28.5 Å². The van der Waals surface area contributed by atoms with Gasteiger partial charge < -0.3 is 19.5 Å². The summed E-state index contributed by atoms with van der Waals surface area (Å²) in [6.45, 7) is 3.25. The predicted molar refractivity (Wildman–Crippen MR) is 105 cm³/mol. The van der Waals surface area contributed by atoms with Gasteiger partial charge in [-0.1, -0.05) is 5.43 Å². The Bertz CT molecular complexity index is 1150. The summed E-state index contributed by atoms with van der Waals surface area (Å²) in [5.74, 6) is -3.58. The van der Waals surface area contributed by atoms with Crippen LogP contribution in [0.4, 0.5) is 19.3 Å². The monoisotopic (exact) mass is 439 g/mol. The minimum Gasteiger partial charge on any atom is -0.477 e. The number of aromatic carboxylic acids is 1. The molecule has 1 aromatic carbocycles. The van der Waals surface area contributed by atoms with E-state index in [4.69, 9.17) is 0 Å². The lowest BCUT2D eigenvalue weighted by Crippen LogP contribution is -2.57. The largest absolute Gasteiger partial charge is 0.477 e. The summed E-state index contributed by atoms with van der Waals surface area (Å²) in [6, 6.07) is -0.728. The molecule has 0 aliphatic carbocycles. The van der Waals surface area contributed by atoms with Crippen LogP contribution >= 0.6 is 0 Å². The zero-order chi connectivity index (χ0) is 23.0. The Labute approximate surface area is 173 Å². The molecule has 0 saturated carbocycles. The van der Waals surface area contributed by atoms with Gasteiger partial charge in [0.15, 0.2) is 10.8 Å². The average Bonchev–Trinajstić information content (AvgIpc) is 2.68. The first-order valence-corrected chi connectivity index (χ1v) is 9.31. The van der Waals surface area contributed by atoms with Crippen molar-refractivity contribution in [3.05, 3.63) is 49.8 Å². The third kappa shape index (κ3) is 3.85. The van der Waals surface area contributed by atoms with Crippen LogP contribution in [0.5, 0.6) is 0 Å². The number of carboxylic acid groups (broad SMARTS) is 1. The van der Waals surface area contributed by atoms with Gasteiger partial charge in [-0.3, -0.25) is 4.79 Å². The number of nitrogens with zero attached hydrogens (tertiary/aromatic N) is 4. The number of amides is 2. The average molecular weight is 439 g/mol. The third-order valence-corrected chi connectivity index (χ3v) is 5.19. The molecular weight excluding hydrogens is 420 g/mol. The SMILES string of the molecule is CCn1cc(C(=O)O)c(=O)c2cc(F)c(N3CCN(C(=O)N[N+](=O)[O-])C(C)C3)c(F)c21. The highest BCUT2D eigenvalue weighted by Crippen LogP contribution is 2.31. The number of carbonyl (C=O) groups is 2. The number of aryl methyl sites for hydroxylation is 1. The second-order valence-electron chi connectivity index (χ2n) is 7.04.